The van der Waals surface area contributed by atoms with E-state index in [4.69, 9.17) is 4.74 Å². The van der Waals surface area contributed by atoms with Crippen molar-refractivity contribution in [3.63, 3.8) is 0 Å². The second-order valence-electron chi connectivity index (χ2n) is 5.77. The number of rotatable bonds is 0. The van der Waals surface area contributed by atoms with Gasteiger partial charge in [0, 0.05) is 30.0 Å². The monoisotopic (exact) mass is 230 g/mol. The van der Waals surface area contributed by atoms with Crippen molar-refractivity contribution in [3.05, 3.63) is 29.6 Å². The van der Waals surface area contributed by atoms with Crippen LogP contribution in [0.25, 0.3) is 0 Å². The fourth-order valence-corrected chi connectivity index (χ4v) is 4.04. The zero-order chi connectivity index (χ0) is 11.5. The molecule has 0 amide bonds. The third-order valence-corrected chi connectivity index (χ3v) is 5.01. The molecule has 0 aromatic carbocycles. The topological polar surface area (TPSA) is 25.4 Å². The van der Waals surface area contributed by atoms with Crippen molar-refractivity contribution >= 4 is 0 Å². The Morgan fingerprint density at radius 3 is 2.88 bits per heavy atom. The van der Waals surface area contributed by atoms with Crippen molar-refractivity contribution in [2.24, 2.45) is 0 Å². The first-order valence-corrected chi connectivity index (χ1v) is 6.58. The number of piperidine rings is 1. The molecule has 3 aliphatic rings. The van der Waals surface area contributed by atoms with Crippen LogP contribution in [0.1, 0.15) is 36.8 Å². The highest BCUT2D eigenvalue weighted by Crippen LogP contribution is 2.51. The van der Waals surface area contributed by atoms with E-state index in [1.165, 1.54) is 24.0 Å². The lowest BCUT2D eigenvalue weighted by atomic mass is 9.81. The van der Waals surface area contributed by atoms with Gasteiger partial charge in [-0.05, 0) is 44.4 Å². The molecule has 2 fully saturated rings. The third-order valence-electron chi connectivity index (χ3n) is 5.01. The number of fused-ring (bicyclic) bond motifs is 4. The predicted octanol–water partition coefficient (Wildman–Crippen LogP) is 2.06. The number of aromatic nitrogens is 1. The van der Waals surface area contributed by atoms with Gasteiger partial charge in [0.1, 0.15) is 0 Å². The Morgan fingerprint density at radius 1 is 1.35 bits per heavy atom. The fraction of sp³-hybridized carbons (Fsp3) is 0.643. The molecule has 0 saturated carbocycles. The van der Waals surface area contributed by atoms with E-state index in [9.17, 15) is 0 Å². The molecule has 2 atom stereocenters. The second kappa shape index (κ2) is 3.30. The van der Waals surface area contributed by atoms with Crippen LogP contribution in [0.5, 0.6) is 0 Å². The van der Waals surface area contributed by atoms with Gasteiger partial charge in [-0.15, -0.1) is 0 Å². The van der Waals surface area contributed by atoms with E-state index in [2.05, 4.69) is 23.0 Å². The van der Waals surface area contributed by atoms with Crippen LogP contribution in [-0.2, 0) is 16.9 Å². The molecule has 0 radical (unpaired) electrons. The lowest BCUT2D eigenvalue weighted by molar-refractivity contribution is -0.0953. The van der Waals surface area contributed by atoms with E-state index in [1.54, 1.807) is 0 Å². The Balaban J connectivity index is 1.76. The summed E-state index contributed by atoms with van der Waals surface area (Å²) in [5.74, 6) is 0. The molecule has 4 rings (SSSR count). The Kier molecular flexibility index (Phi) is 1.95. The molecular weight excluding hydrogens is 212 g/mol. The summed E-state index contributed by atoms with van der Waals surface area (Å²) in [6.45, 7) is 0.756. The predicted molar refractivity (Wildman–Crippen MR) is 64.5 cm³/mol. The van der Waals surface area contributed by atoms with Crippen LogP contribution in [0.15, 0.2) is 18.5 Å². The molecule has 3 nitrogen and oxygen atoms in total. The summed E-state index contributed by atoms with van der Waals surface area (Å²) in [7, 11) is 2.28. The number of pyridine rings is 1. The summed E-state index contributed by atoms with van der Waals surface area (Å²) in [5, 5.41) is 0. The Labute approximate surface area is 102 Å². The molecule has 90 valence electrons. The van der Waals surface area contributed by atoms with Crippen molar-refractivity contribution in [3.8, 4) is 0 Å². The molecule has 1 aromatic rings. The van der Waals surface area contributed by atoms with Crippen LogP contribution in [-0.4, -0.2) is 29.0 Å². The summed E-state index contributed by atoms with van der Waals surface area (Å²) in [6.07, 6.45) is 8.90. The molecule has 0 N–H and O–H groups in total. The van der Waals surface area contributed by atoms with Gasteiger partial charge in [-0.25, -0.2) is 0 Å². The van der Waals surface area contributed by atoms with E-state index in [0.29, 0.717) is 12.1 Å². The van der Waals surface area contributed by atoms with Crippen molar-refractivity contribution < 1.29 is 4.74 Å². The summed E-state index contributed by atoms with van der Waals surface area (Å²) in [6, 6.07) is 3.60. The Morgan fingerprint density at radius 2 is 2.12 bits per heavy atom. The van der Waals surface area contributed by atoms with Crippen LogP contribution in [0, 0.1) is 0 Å². The fourth-order valence-electron chi connectivity index (χ4n) is 4.04. The summed E-state index contributed by atoms with van der Waals surface area (Å²) >= 11 is 0. The van der Waals surface area contributed by atoms with Gasteiger partial charge in [0.05, 0.1) is 12.2 Å². The van der Waals surface area contributed by atoms with Gasteiger partial charge in [-0.3, -0.25) is 4.98 Å². The maximum atomic E-state index is 6.21. The Bertz CT molecular complexity index is 445. The zero-order valence-electron chi connectivity index (χ0n) is 10.2. The summed E-state index contributed by atoms with van der Waals surface area (Å²) < 4.78 is 6.21. The average Bonchev–Trinajstić information content (AvgIpc) is 2.78. The van der Waals surface area contributed by atoms with Crippen LogP contribution >= 0.6 is 0 Å². The van der Waals surface area contributed by atoms with Crippen molar-refractivity contribution in [1.29, 1.82) is 0 Å². The molecule has 3 aliphatic heterocycles. The van der Waals surface area contributed by atoms with Crippen LogP contribution < -0.4 is 0 Å². The minimum absolute atomic E-state index is 0.0105. The van der Waals surface area contributed by atoms with Crippen LogP contribution in [0.4, 0.5) is 0 Å². The first-order valence-electron chi connectivity index (χ1n) is 6.58. The summed E-state index contributed by atoms with van der Waals surface area (Å²) in [5.41, 5.74) is 2.73. The molecule has 17 heavy (non-hydrogen) atoms. The van der Waals surface area contributed by atoms with E-state index in [-0.39, 0.29) is 5.60 Å². The highest BCUT2D eigenvalue weighted by Gasteiger charge is 2.51. The number of nitrogens with zero attached hydrogens (tertiary/aromatic N) is 2. The van der Waals surface area contributed by atoms with Crippen molar-refractivity contribution in [2.75, 3.05) is 7.05 Å². The zero-order valence-corrected chi connectivity index (χ0v) is 10.2. The third kappa shape index (κ3) is 1.27. The molecule has 0 aliphatic carbocycles. The molecule has 3 heteroatoms. The number of hydrogen-bond donors (Lipinski definition) is 0. The molecule has 1 aromatic heterocycles. The van der Waals surface area contributed by atoms with Gasteiger partial charge in [0.15, 0.2) is 0 Å². The SMILES string of the molecule is CN1C2CCC1CC1(C2)OCc2cnccc21. The first kappa shape index (κ1) is 10.0. The van der Waals surface area contributed by atoms with Crippen molar-refractivity contribution in [2.45, 2.75) is 50.0 Å². The number of hydrogen-bond acceptors (Lipinski definition) is 3. The molecule has 2 saturated heterocycles. The van der Waals surface area contributed by atoms with Gasteiger partial charge < -0.3 is 9.64 Å². The van der Waals surface area contributed by atoms with Crippen molar-refractivity contribution in [1.82, 2.24) is 9.88 Å². The molecular formula is C14H18N2O. The normalized spacial score (nSPS) is 39.8. The molecule has 2 bridgehead atoms. The maximum Gasteiger partial charge on any atom is 0.0970 e. The number of ether oxygens (including phenoxy) is 1. The largest absolute Gasteiger partial charge is 0.365 e. The van der Waals surface area contributed by atoms with Gasteiger partial charge in [-0.2, -0.15) is 0 Å². The lowest BCUT2D eigenvalue weighted by Gasteiger charge is -2.43. The molecule has 4 heterocycles. The highest BCUT2D eigenvalue weighted by atomic mass is 16.5. The van der Waals surface area contributed by atoms with Crippen LogP contribution in [0.3, 0.4) is 0 Å². The smallest absolute Gasteiger partial charge is 0.0970 e. The average molecular weight is 230 g/mol. The van der Waals surface area contributed by atoms with E-state index < -0.39 is 0 Å². The first-order chi connectivity index (χ1) is 8.28. The molecule has 1 spiro atoms. The van der Waals surface area contributed by atoms with E-state index in [0.717, 1.165) is 19.4 Å². The van der Waals surface area contributed by atoms with Gasteiger partial charge in [0.25, 0.3) is 0 Å². The quantitative estimate of drug-likeness (QED) is 0.682. The van der Waals surface area contributed by atoms with Gasteiger partial charge in [-0.1, -0.05) is 0 Å². The molecule has 2 unspecified atom stereocenters. The lowest BCUT2D eigenvalue weighted by Crippen LogP contribution is -2.47. The Hall–Kier alpha value is -0.930. The second-order valence-corrected chi connectivity index (χ2v) is 5.77. The van der Waals surface area contributed by atoms with Crippen LogP contribution in [0.2, 0.25) is 0 Å². The van der Waals surface area contributed by atoms with E-state index >= 15 is 0 Å². The van der Waals surface area contributed by atoms with Gasteiger partial charge >= 0.3 is 0 Å². The highest BCUT2D eigenvalue weighted by molar-refractivity contribution is 5.34. The minimum atomic E-state index is 0.0105. The summed E-state index contributed by atoms with van der Waals surface area (Å²) in [4.78, 5) is 6.78. The minimum Gasteiger partial charge on any atom is -0.365 e. The van der Waals surface area contributed by atoms with E-state index in [1.807, 2.05) is 12.4 Å². The van der Waals surface area contributed by atoms with Gasteiger partial charge in [0.2, 0.25) is 0 Å². The maximum absolute atomic E-state index is 6.21. The standard InChI is InChI=1S/C14H18N2O/c1-16-11-2-3-12(16)7-14(6-11)13-4-5-15-8-10(13)9-17-14/h4-5,8,11-12H,2-3,6-7,9H2,1H3.